The van der Waals surface area contributed by atoms with E-state index in [4.69, 9.17) is 0 Å². The van der Waals surface area contributed by atoms with E-state index in [9.17, 15) is 18.4 Å². The lowest BCUT2D eigenvalue weighted by Crippen LogP contribution is -2.38. The van der Waals surface area contributed by atoms with Gasteiger partial charge in [0, 0.05) is 37.8 Å². The van der Waals surface area contributed by atoms with E-state index < -0.39 is 6.55 Å². The maximum atomic E-state index is 13.1. The van der Waals surface area contributed by atoms with Gasteiger partial charge in [-0.3, -0.25) is 14.2 Å². The second-order valence-corrected chi connectivity index (χ2v) is 6.25. The predicted molar refractivity (Wildman–Crippen MR) is 80.2 cm³/mol. The van der Waals surface area contributed by atoms with Crippen LogP contribution >= 0.6 is 0 Å². The molecule has 0 unspecified atom stereocenters. The number of nitrogens with zero attached hydrogens (tertiary/aromatic N) is 3. The minimum absolute atomic E-state index is 0.0134. The maximum Gasteiger partial charge on any atom is 0.319 e. The van der Waals surface area contributed by atoms with E-state index in [0.717, 1.165) is 17.4 Å². The molecular formula is C16H21F2N3O2. The first-order valence-corrected chi connectivity index (χ1v) is 8.03. The number of aromatic nitrogens is 1. The van der Waals surface area contributed by atoms with Crippen molar-refractivity contribution in [3.8, 4) is 0 Å². The standard InChI is InChI=1S/C16H21F2N3O2/c1-11-3-6-13(21(11)16(17)18)15(23)20-8-2-7-19(9-10-20)14(22)12-4-5-12/h3,6,12,16H,2,4-5,7-10H2,1H3. The molecule has 1 aromatic rings. The van der Waals surface area contributed by atoms with Crippen LogP contribution in [0.4, 0.5) is 8.78 Å². The van der Waals surface area contributed by atoms with Crippen molar-refractivity contribution >= 4 is 11.8 Å². The minimum Gasteiger partial charge on any atom is -0.341 e. The molecule has 126 valence electrons. The summed E-state index contributed by atoms with van der Waals surface area (Å²) in [6.45, 7) is 0.819. The third-order valence-electron chi connectivity index (χ3n) is 4.56. The van der Waals surface area contributed by atoms with Crippen molar-refractivity contribution in [2.45, 2.75) is 32.7 Å². The second kappa shape index (κ2) is 6.29. The average Bonchev–Trinajstić information content (AvgIpc) is 3.31. The van der Waals surface area contributed by atoms with E-state index >= 15 is 0 Å². The third-order valence-corrected chi connectivity index (χ3v) is 4.56. The molecule has 5 nitrogen and oxygen atoms in total. The molecule has 0 bridgehead atoms. The fourth-order valence-corrected chi connectivity index (χ4v) is 3.07. The molecule has 2 fully saturated rings. The topological polar surface area (TPSA) is 45.6 Å². The van der Waals surface area contributed by atoms with Crippen LogP contribution in [-0.4, -0.2) is 52.4 Å². The minimum atomic E-state index is -2.73. The summed E-state index contributed by atoms with van der Waals surface area (Å²) in [7, 11) is 0. The molecule has 1 saturated heterocycles. The lowest BCUT2D eigenvalue weighted by atomic mass is 10.3. The lowest BCUT2D eigenvalue weighted by Gasteiger charge is -2.23. The molecule has 0 spiro atoms. The van der Waals surface area contributed by atoms with E-state index in [0.29, 0.717) is 38.3 Å². The van der Waals surface area contributed by atoms with Crippen LogP contribution in [0.1, 0.15) is 42.0 Å². The van der Waals surface area contributed by atoms with Crippen LogP contribution in [0.2, 0.25) is 0 Å². The van der Waals surface area contributed by atoms with Gasteiger partial charge in [0.25, 0.3) is 5.91 Å². The van der Waals surface area contributed by atoms with Crippen molar-refractivity contribution in [3.63, 3.8) is 0 Å². The first-order chi connectivity index (χ1) is 11.0. The van der Waals surface area contributed by atoms with Gasteiger partial charge >= 0.3 is 6.55 Å². The van der Waals surface area contributed by atoms with Crippen LogP contribution in [0.5, 0.6) is 0 Å². The van der Waals surface area contributed by atoms with Gasteiger partial charge in [0.2, 0.25) is 5.91 Å². The quantitative estimate of drug-likeness (QED) is 0.856. The molecule has 0 aromatic carbocycles. The fraction of sp³-hybridized carbons (Fsp3) is 0.625. The molecule has 2 aliphatic rings. The van der Waals surface area contributed by atoms with Crippen LogP contribution in [0, 0.1) is 12.8 Å². The second-order valence-electron chi connectivity index (χ2n) is 6.25. The molecule has 1 aliphatic heterocycles. The molecule has 0 radical (unpaired) electrons. The van der Waals surface area contributed by atoms with Crippen LogP contribution in [0.3, 0.4) is 0 Å². The zero-order valence-electron chi connectivity index (χ0n) is 13.2. The van der Waals surface area contributed by atoms with E-state index in [1.54, 1.807) is 11.8 Å². The van der Waals surface area contributed by atoms with Crippen LogP contribution in [0.15, 0.2) is 12.1 Å². The molecule has 0 atom stereocenters. The van der Waals surface area contributed by atoms with Gasteiger partial charge in [-0.1, -0.05) is 0 Å². The number of hydrogen-bond acceptors (Lipinski definition) is 2. The van der Waals surface area contributed by atoms with E-state index in [1.165, 1.54) is 12.1 Å². The molecule has 2 heterocycles. The van der Waals surface area contributed by atoms with Gasteiger partial charge in [-0.15, -0.1) is 0 Å². The van der Waals surface area contributed by atoms with Crippen molar-refractivity contribution in [2.24, 2.45) is 5.92 Å². The van der Waals surface area contributed by atoms with Gasteiger partial charge in [-0.05, 0) is 38.3 Å². The Balaban J connectivity index is 1.69. The highest BCUT2D eigenvalue weighted by atomic mass is 19.3. The smallest absolute Gasteiger partial charge is 0.319 e. The zero-order valence-corrected chi connectivity index (χ0v) is 13.2. The first-order valence-electron chi connectivity index (χ1n) is 8.03. The lowest BCUT2D eigenvalue weighted by molar-refractivity contribution is -0.132. The summed E-state index contributed by atoms with van der Waals surface area (Å²) < 4.78 is 27.0. The van der Waals surface area contributed by atoms with Crippen LogP contribution < -0.4 is 0 Å². The number of halogens is 2. The van der Waals surface area contributed by atoms with Gasteiger partial charge in [0.1, 0.15) is 5.69 Å². The summed E-state index contributed by atoms with van der Waals surface area (Å²) in [5.74, 6) is -0.0545. The Morgan fingerprint density at radius 2 is 1.74 bits per heavy atom. The maximum absolute atomic E-state index is 13.1. The molecule has 7 heteroatoms. The molecular weight excluding hydrogens is 304 g/mol. The molecule has 1 saturated carbocycles. The Kier molecular flexibility index (Phi) is 4.37. The predicted octanol–water partition coefficient (Wildman–Crippen LogP) is 2.28. The highest BCUT2D eigenvalue weighted by molar-refractivity contribution is 5.93. The van der Waals surface area contributed by atoms with Crippen molar-refractivity contribution in [1.82, 2.24) is 14.4 Å². The SMILES string of the molecule is Cc1ccc(C(=O)N2CCCN(C(=O)C3CC3)CC2)n1C(F)F. The number of amides is 2. The molecule has 23 heavy (non-hydrogen) atoms. The Labute approximate surface area is 133 Å². The van der Waals surface area contributed by atoms with Gasteiger partial charge in [0.05, 0.1) is 0 Å². The highest BCUT2D eigenvalue weighted by Gasteiger charge is 2.34. The van der Waals surface area contributed by atoms with Gasteiger partial charge in [-0.2, -0.15) is 8.78 Å². The largest absolute Gasteiger partial charge is 0.341 e. The summed E-state index contributed by atoms with van der Waals surface area (Å²) in [5.41, 5.74) is 0.378. The van der Waals surface area contributed by atoms with E-state index in [1.807, 2.05) is 4.90 Å². The summed E-state index contributed by atoms with van der Waals surface area (Å²) in [4.78, 5) is 28.1. The number of rotatable bonds is 3. The van der Waals surface area contributed by atoms with Gasteiger partial charge in [0.15, 0.2) is 0 Å². The van der Waals surface area contributed by atoms with Crippen LogP contribution in [-0.2, 0) is 4.79 Å². The highest BCUT2D eigenvalue weighted by Crippen LogP contribution is 2.31. The van der Waals surface area contributed by atoms with Gasteiger partial charge < -0.3 is 9.80 Å². The molecule has 3 rings (SSSR count). The van der Waals surface area contributed by atoms with E-state index in [-0.39, 0.29) is 23.4 Å². The molecule has 1 aromatic heterocycles. The number of aryl methyl sites for hydroxylation is 1. The Morgan fingerprint density at radius 3 is 2.39 bits per heavy atom. The van der Waals surface area contributed by atoms with Crippen molar-refractivity contribution in [1.29, 1.82) is 0 Å². The first kappa shape index (κ1) is 16.0. The average molecular weight is 325 g/mol. The molecule has 2 amide bonds. The third kappa shape index (κ3) is 3.23. The number of hydrogen-bond donors (Lipinski definition) is 0. The summed E-state index contributed by atoms with van der Waals surface area (Å²) in [5, 5.41) is 0. The van der Waals surface area contributed by atoms with Gasteiger partial charge in [-0.25, -0.2) is 0 Å². The summed E-state index contributed by atoms with van der Waals surface area (Å²) in [6, 6.07) is 2.97. The van der Waals surface area contributed by atoms with Crippen molar-refractivity contribution in [3.05, 3.63) is 23.5 Å². The number of carbonyl (C=O) groups excluding carboxylic acids is 2. The van der Waals surface area contributed by atoms with E-state index in [2.05, 4.69) is 0 Å². The normalized spacial score (nSPS) is 19.1. The molecule has 1 aliphatic carbocycles. The van der Waals surface area contributed by atoms with Crippen molar-refractivity contribution < 1.29 is 18.4 Å². The number of carbonyl (C=O) groups is 2. The Bertz CT molecular complexity index is 610. The Hall–Kier alpha value is -1.92. The van der Waals surface area contributed by atoms with Crippen LogP contribution in [0.25, 0.3) is 0 Å². The zero-order chi connectivity index (χ0) is 16.6. The summed E-state index contributed by atoms with van der Waals surface area (Å²) in [6.07, 6.45) is 2.59. The Morgan fingerprint density at radius 1 is 1.09 bits per heavy atom. The summed E-state index contributed by atoms with van der Waals surface area (Å²) >= 11 is 0. The molecule has 0 N–H and O–H groups in total. The fourth-order valence-electron chi connectivity index (χ4n) is 3.07. The monoisotopic (exact) mass is 325 g/mol. The van der Waals surface area contributed by atoms with Crippen molar-refractivity contribution in [2.75, 3.05) is 26.2 Å². The number of alkyl halides is 2.